The third-order valence-electron chi connectivity index (χ3n) is 1.66. The Bertz CT molecular complexity index is 289. The van der Waals surface area contributed by atoms with Gasteiger partial charge < -0.3 is 4.74 Å². The summed E-state index contributed by atoms with van der Waals surface area (Å²) in [7, 11) is 0. The molecule has 1 aromatic rings. The van der Waals surface area contributed by atoms with Crippen LogP contribution in [0.3, 0.4) is 0 Å². The van der Waals surface area contributed by atoms with Crippen molar-refractivity contribution >= 4 is 17.3 Å². The normalized spacial score (nSPS) is 10.5. The highest BCUT2D eigenvalue weighted by Crippen LogP contribution is 2.18. The van der Waals surface area contributed by atoms with Gasteiger partial charge in [0, 0.05) is 0 Å². The molecule has 0 saturated heterocycles. The molecule has 0 radical (unpaired) electrons. The number of hydrogen-bond acceptors (Lipinski definition) is 3. The van der Waals surface area contributed by atoms with E-state index in [1.165, 1.54) is 11.3 Å². The Morgan fingerprint density at radius 3 is 2.85 bits per heavy atom. The topological polar surface area (TPSA) is 26.3 Å². The van der Waals surface area contributed by atoms with Gasteiger partial charge in [-0.3, -0.25) is 0 Å². The fraction of sp³-hybridized carbons (Fsp3) is 0.500. The predicted molar refractivity (Wildman–Crippen MR) is 54.2 cm³/mol. The van der Waals surface area contributed by atoms with Gasteiger partial charge in [-0.2, -0.15) is 0 Å². The zero-order valence-electron chi connectivity index (χ0n) is 8.16. The molecule has 0 amide bonds. The summed E-state index contributed by atoms with van der Waals surface area (Å²) in [5.74, 6) is -0.193. The second-order valence-electron chi connectivity index (χ2n) is 3.08. The Balaban J connectivity index is 2.76. The molecule has 0 spiro atoms. The summed E-state index contributed by atoms with van der Waals surface area (Å²) >= 11 is 1.45. The Hall–Kier alpha value is -0.830. The summed E-state index contributed by atoms with van der Waals surface area (Å²) in [5.41, 5.74) is 1.08. The van der Waals surface area contributed by atoms with Gasteiger partial charge in [0.2, 0.25) is 0 Å². The summed E-state index contributed by atoms with van der Waals surface area (Å²) in [5, 5.41) is 1.93. The molecule has 0 aromatic carbocycles. The van der Waals surface area contributed by atoms with Crippen molar-refractivity contribution in [2.75, 3.05) is 0 Å². The number of hydrogen-bond donors (Lipinski definition) is 0. The first-order valence-corrected chi connectivity index (χ1v) is 5.30. The molecule has 13 heavy (non-hydrogen) atoms. The van der Waals surface area contributed by atoms with Crippen LogP contribution in [-0.4, -0.2) is 12.1 Å². The van der Waals surface area contributed by atoms with E-state index >= 15 is 0 Å². The average molecular weight is 198 g/mol. The number of esters is 1. The van der Waals surface area contributed by atoms with Gasteiger partial charge >= 0.3 is 5.97 Å². The molecule has 1 heterocycles. The first kappa shape index (κ1) is 10.3. The number of thiophene rings is 1. The first-order valence-electron chi connectivity index (χ1n) is 4.42. The zero-order chi connectivity index (χ0) is 9.84. The molecule has 0 aliphatic carbocycles. The van der Waals surface area contributed by atoms with E-state index in [1.54, 1.807) is 0 Å². The van der Waals surface area contributed by atoms with E-state index in [2.05, 4.69) is 0 Å². The molecule has 1 aromatic heterocycles. The molecule has 0 saturated carbocycles. The SMILES string of the molecule is CCc1ccsc1C(=O)OC(C)C. The van der Waals surface area contributed by atoms with E-state index in [9.17, 15) is 4.79 Å². The molecule has 0 bridgehead atoms. The van der Waals surface area contributed by atoms with E-state index < -0.39 is 0 Å². The highest BCUT2D eigenvalue weighted by atomic mass is 32.1. The van der Waals surface area contributed by atoms with Gasteiger partial charge in [0.1, 0.15) is 4.88 Å². The van der Waals surface area contributed by atoms with Crippen molar-refractivity contribution < 1.29 is 9.53 Å². The van der Waals surface area contributed by atoms with Gasteiger partial charge in [-0.25, -0.2) is 4.79 Å². The van der Waals surface area contributed by atoms with Crippen molar-refractivity contribution in [2.45, 2.75) is 33.3 Å². The lowest BCUT2D eigenvalue weighted by Crippen LogP contribution is -2.11. The second-order valence-corrected chi connectivity index (χ2v) is 4.00. The summed E-state index contributed by atoms with van der Waals surface area (Å²) in [4.78, 5) is 12.2. The average Bonchev–Trinajstić information content (AvgIpc) is 2.49. The van der Waals surface area contributed by atoms with Crippen molar-refractivity contribution in [3.05, 3.63) is 21.9 Å². The third-order valence-corrected chi connectivity index (χ3v) is 2.59. The Morgan fingerprint density at radius 1 is 1.62 bits per heavy atom. The van der Waals surface area contributed by atoms with Crippen LogP contribution in [0.15, 0.2) is 11.4 Å². The van der Waals surface area contributed by atoms with E-state index in [0.717, 1.165) is 16.9 Å². The van der Waals surface area contributed by atoms with Gasteiger partial charge in [-0.1, -0.05) is 6.92 Å². The minimum Gasteiger partial charge on any atom is -0.459 e. The number of rotatable bonds is 3. The third kappa shape index (κ3) is 2.56. The van der Waals surface area contributed by atoms with E-state index in [0.29, 0.717) is 0 Å². The molecule has 0 unspecified atom stereocenters. The van der Waals surface area contributed by atoms with Crippen LogP contribution in [0.1, 0.15) is 36.0 Å². The van der Waals surface area contributed by atoms with Crippen LogP contribution in [-0.2, 0) is 11.2 Å². The molecule has 1 rings (SSSR count). The van der Waals surface area contributed by atoms with Gasteiger partial charge in [0.25, 0.3) is 0 Å². The van der Waals surface area contributed by atoms with Gasteiger partial charge in [-0.15, -0.1) is 11.3 Å². The zero-order valence-corrected chi connectivity index (χ0v) is 8.98. The number of aryl methyl sites for hydroxylation is 1. The molecule has 0 aliphatic rings. The van der Waals surface area contributed by atoms with Crippen molar-refractivity contribution in [1.82, 2.24) is 0 Å². The number of carbonyl (C=O) groups excluding carboxylic acids is 1. The van der Waals surface area contributed by atoms with Crippen LogP contribution in [0.2, 0.25) is 0 Å². The molecule has 0 aliphatic heterocycles. The quantitative estimate of drug-likeness (QED) is 0.698. The lowest BCUT2D eigenvalue weighted by Gasteiger charge is -2.07. The monoisotopic (exact) mass is 198 g/mol. The summed E-state index contributed by atoms with van der Waals surface area (Å²) < 4.78 is 5.11. The maximum Gasteiger partial charge on any atom is 0.348 e. The highest BCUT2D eigenvalue weighted by molar-refractivity contribution is 7.12. The summed E-state index contributed by atoms with van der Waals surface area (Å²) in [6.07, 6.45) is 0.839. The van der Waals surface area contributed by atoms with Crippen molar-refractivity contribution in [3.8, 4) is 0 Å². The molecule has 72 valence electrons. The first-order chi connectivity index (χ1) is 6.15. The Kier molecular flexibility index (Phi) is 3.48. The van der Waals surface area contributed by atoms with Crippen molar-refractivity contribution in [2.24, 2.45) is 0 Å². The van der Waals surface area contributed by atoms with Gasteiger partial charge in [-0.05, 0) is 37.3 Å². The molecule has 0 fully saturated rings. The molecular weight excluding hydrogens is 184 g/mol. The summed E-state index contributed by atoms with van der Waals surface area (Å²) in [6.45, 7) is 5.75. The van der Waals surface area contributed by atoms with E-state index in [4.69, 9.17) is 4.74 Å². The molecular formula is C10H14O2S. The minimum atomic E-state index is -0.193. The number of carbonyl (C=O) groups is 1. The van der Waals surface area contributed by atoms with Gasteiger partial charge in [0.05, 0.1) is 6.10 Å². The lowest BCUT2D eigenvalue weighted by molar-refractivity contribution is 0.0383. The van der Waals surface area contributed by atoms with Crippen LogP contribution in [0.25, 0.3) is 0 Å². The molecule has 3 heteroatoms. The minimum absolute atomic E-state index is 0.0423. The highest BCUT2D eigenvalue weighted by Gasteiger charge is 2.14. The predicted octanol–water partition coefficient (Wildman–Crippen LogP) is 2.88. The standard InChI is InChI=1S/C10H14O2S/c1-4-8-5-6-13-9(8)10(11)12-7(2)3/h5-7H,4H2,1-3H3. The maximum absolute atomic E-state index is 11.5. The lowest BCUT2D eigenvalue weighted by atomic mass is 10.2. The fourth-order valence-corrected chi connectivity index (χ4v) is 1.94. The van der Waals surface area contributed by atoms with Crippen molar-refractivity contribution in [3.63, 3.8) is 0 Å². The maximum atomic E-state index is 11.5. The number of ether oxygens (including phenoxy) is 1. The van der Waals surface area contributed by atoms with E-state index in [1.807, 2.05) is 32.2 Å². The second kappa shape index (κ2) is 4.42. The van der Waals surface area contributed by atoms with Crippen LogP contribution in [0, 0.1) is 0 Å². The van der Waals surface area contributed by atoms with Crippen LogP contribution >= 0.6 is 11.3 Å². The Labute approximate surface area is 82.5 Å². The molecule has 0 atom stereocenters. The van der Waals surface area contributed by atoms with Crippen LogP contribution in [0.4, 0.5) is 0 Å². The van der Waals surface area contributed by atoms with Gasteiger partial charge in [0.15, 0.2) is 0 Å². The summed E-state index contributed by atoms with van der Waals surface area (Å²) in [6, 6.07) is 1.97. The molecule has 0 N–H and O–H groups in total. The van der Waals surface area contributed by atoms with Crippen molar-refractivity contribution in [1.29, 1.82) is 0 Å². The van der Waals surface area contributed by atoms with E-state index in [-0.39, 0.29) is 12.1 Å². The molecule has 2 nitrogen and oxygen atoms in total. The largest absolute Gasteiger partial charge is 0.459 e. The van der Waals surface area contributed by atoms with Crippen LogP contribution < -0.4 is 0 Å². The Morgan fingerprint density at radius 2 is 2.31 bits per heavy atom. The smallest absolute Gasteiger partial charge is 0.348 e. The fourth-order valence-electron chi connectivity index (χ4n) is 1.06. The van der Waals surface area contributed by atoms with Crippen LogP contribution in [0.5, 0.6) is 0 Å².